The third-order valence-electron chi connectivity index (χ3n) is 5.28. The van der Waals surface area contributed by atoms with Gasteiger partial charge in [0.25, 0.3) is 11.7 Å². The van der Waals surface area contributed by atoms with Crippen molar-refractivity contribution in [1.29, 1.82) is 0 Å². The molecular formula is C24H21NO6. The fourth-order valence-corrected chi connectivity index (χ4v) is 3.80. The van der Waals surface area contributed by atoms with Crippen molar-refractivity contribution in [3.63, 3.8) is 0 Å². The number of phenolic OH excluding ortho intramolecular Hbond substituents is 1. The number of aliphatic hydroxyl groups is 1. The number of phenols is 1. The zero-order valence-electron chi connectivity index (χ0n) is 17.2. The van der Waals surface area contributed by atoms with Gasteiger partial charge in [-0.2, -0.15) is 0 Å². The van der Waals surface area contributed by atoms with E-state index in [2.05, 4.69) is 0 Å². The standard InChI is InChI=1S/C24H21NO6/c1-13-12-15(9-11-18(13)30-3)22(27)20-21(19-10-8-14(2)31-19)25(24(29)23(20)28)16-6-4-5-7-17(16)26/h4-12,21,26-27H,1-3H3/b22-20-. The molecule has 4 rings (SSSR count). The van der Waals surface area contributed by atoms with Crippen LogP contribution in [0.3, 0.4) is 0 Å². The van der Waals surface area contributed by atoms with Crippen LogP contribution in [0.5, 0.6) is 11.5 Å². The minimum absolute atomic E-state index is 0.118. The van der Waals surface area contributed by atoms with Crippen molar-refractivity contribution in [1.82, 2.24) is 0 Å². The van der Waals surface area contributed by atoms with E-state index < -0.39 is 17.7 Å². The molecule has 1 aliphatic heterocycles. The lowest BCUT2D eigenvalue weighted by Crippen LogP contribution is -2.29. The van der Waals surface area contributed by atoms with Crippen molar-refractivity contribution in [3.8, 4) is 11.5 Å². The van der Waals surface area contributed by atoms with Gasteiger partial charge in [0, 0.05) is 5.56 Å². The van der Waals surface area contributed by atoms with Crippen molar-refractivity contribution >= 4 is 23.1 Å². The number of benzene rings is 2. The van der Waals surface area contributed by atoms with Crippen LogP contribution in [0.4, 0.5) is 5.69 Å². The van der Waals surface area contributed by atoms with Crippen molar-refractivity contribution in [2.24, 2.45) is 0 Å². The van der Waals surface area contributed by atoms with Gasteiger partial charge in [-0.05, 0) is 61.9 Å². The summed E-state index contributed by atoms with van der Waals surface area (Å²) < 4.78 is 11.0. The summed E-state index contributed by atoms with van der Waals surface area (Å²) in [6, 6.07) is 13.5. The third-order valence-corrected chi connectivity index (χ3v) is 5.28. The first-order chi connectivity index (χ1) is 14.8. The Bertz CT molecular complexity index is 1220. The summed E-state index contributed by atoms with van der Waals surface area (Å²) in [6.45, 7) is 3.55. The van der Waals surface area contributed by atoms with Crippen molar-refractivity contribution < 1.29 is 29.0 Å². The molecule has 0 saturated carbocycles. The molecule has 2 aromatic carbocycles. The largest absolute Gasteiger partial charge is 0.507 e. The van der Waals surface area contributed by atoms with Crippen LogP contribution in [0.15, 0.2) is 64.6 Å². The first-order valence-electron chi connectivity index (χ1n) is 9.63. The SMILES string of the molecule is COc1ccc(/C(O)=C2/C(=O)C(=O)N(c3ccccc3O)C2c2ccc(C)o2)cc1C. The Morgan fingerprint density at radius 2 is 1.81 bits per heavy atom. The molecule has 1 aliphatic rings. The van der Waals surface area contributed by atoms with Crippen LogP contribution in [0.1, 0.15) is 28.7 Å². The molecule has 0 radical (unpaired) electrons. The van der Waals surface area contributed by atoms with E-state index in [1.54, 1.807) is 56.5 Å². The smallest absolute Gasteiger partial charge is 0.300 e. The lowest BCUT2D eigenvalue weighted by molar-refractivity contribution is -0.132. The average molecular weight is 419 g/mol. The number of ketones is 1. The number of rotatable bonds is 4. The number of carbonyl (C=O) groups excluding carboxylic acids is 2. The molecule has 31 heavy (non-hydrogen) atoms. The number of aromatic hydroxyl groups is 1. The number of aliphatic hydroxyl groups excluding tert-OH is 1. The summed E-state index contributed by atoms with van der Waals surface area (Å²) in [5, 5.41) is 21.5. The molecule has 1 amide bonds. The van der Waals surface area contributed by atoms with Crippen LogP contribution in [0.2, 0.25) is 0 Å². The van der Waals surface area contributed by atoms with E-state index in [9.17, 15) is 19.8 Å². The van der Waals surface area contributed by atoms with Gasteiger partial charge in [0.15, 0.2) is 0 Å². The minimum atomic E-state index is -1.04. The van der Waals surface area contributed by atoms with Crippen LogP contribution in [0, 0.1) is 13.8 Å². The molecule has 3 aromatic rings. The zero-order valence-corrected chi connectivity index (χ0v) is 17.2. The number of carbonyl (C=O) groups is 2. The van der Waals surface area contributed by atoms with Gasteiger partial charge in [-0.1, -0.05) is 12.1 Å². The number of methoxy groups -OCH3 is 1. The van der Waals surface area contributed by atoms with E-state index in [0.717, 1.165) is 10.5 Å². The molecule has 7 nitrogen and oxygen atoms in total. The number of nitrogens with zero attached hydrogens (tertiary/aromatic N) is 1. The highest BCUT2D eigenvalue weighted by Gasteiger charge is 2.49. The van der Waals surface area contributed by atoms with Gasteiger partial charge in [0.2, 0.25) is 0 Å². The maximum Gasteiger partial charge on any atom is 0.300 e. The fraction of sp³-hybridized carbons (Fsp3) is 0.167. The van der Waals surface area contributed by atoms with E-state index in [1.807, 2.05) is 6.92 Å². The summed E-state index contributed by atoms with van der Waals surface area (Å²) in [7, 11) is 1.54. The minimum Gasteiger partial charge on any atom is -0.507 e. The number of para-hydroxylation sites is 2. The normalized spacial score (nSPS) is 17.9. The Kier molecular flexibility index (Phi) is 5.02. The van der Waals surface area contributed by atoms with Gasteiger partial charge in [-0.25, -0.2) is 0 Å². The number of anilines is 1. The van der Waals surface area contributed by atoms with Gasteiger partial charge < -0.3 is 19.4 Å². The van der Waals surface area contributed by atoms with Crippen molar-refractivity contribution in [2.75, 3.05) is 12.0 Å². The molecule has 1 unspecified atom stereocenters. The number of hydrogen-bond donors (Lipinski definition) is 2. The Hall–Kier alpha value is -4.00. The number of hydrogen-bond acceptors (Lipinski definition) is 6. The average Bonchev–Trinajstić information content (AvgIpc) is 3.29. The second-order valence-electron chi connectivity index (χ2n) is 7.29. The summed E-state index contributed by atoms with van der Waals surface area (Å²) in [6.07, 6.45) is 0. The van der Waals surface area contributed by atoms with Gasteiger partial charge >= 0.3 is 0 Å². The van der Waals surface area contributed by atoms with Gasteiger partial charge in [-0.3, -0.25) is 14.5 Å². The molecule has 1 fully saturated rings. The maximum absolute atomic E-state index is 13.1. The van der Waals surface area contributed by atoms with E-state index in [1.165, 1.54) is 12.1 Å². The first-order valence-corrected chi connectivity index (χ1v) is 9.63. The number of ether oxygens (including phenoxy) is 1. The van der Waals surface area contributed by atoms with Gasteiger partial charge in [0.1, 0.15) is 34.8 Å². The topological polar surface area (TPSA) is 100 Å². The van der Waals surface area contributed by atoms with E-state index in [-0.39, 0.29) is 22.8 Å². The number of amides is 1. The second-order valence-corrected chi connectivity index (χ2v) is 7.29. The van der Waals surface area contributed by atoms with Crippen LogP contribution in [-0.2, 0) is 9.59 Å². The first kappa shape index (κ1) is 20.3. The highest BCUT2D eigenvalue weighted by molar-refractivity contribution is 6.51. The molecule has 158 valence electrons. The lowest BCUT2D eigenvalue weighted by Gasteiger charge is -2.24. The summed E-state index contributed by atoms with van der Waals surface area (Å²) in [5.74, 6) is -0.728. The number of Topliss-reactive ketones (excluding diaryl/α,β-unsaturated/α-hetero) is 1. The van der Waals surface area contributed by atoms with Crippen molar-refractivity contribution in [3.05, 3.63) is 82.8 Å². The quantitative estimate of drug-likeness (QED) is 0.373. The lowest BCUT2D eigenvalue weighted by atomic mass is 9.98. The number of furan rings is 1. The highest BCUT2D eigenvalue weighted by atomic mass is 16.5. The predicted octanol–water partition coefficient (Wildman–Crippen LogP) is 4.24. The third kappa shape index (κ3) is 3.34. The van der Waals surface area contributed by atoms with E-state index >= 15 is 0 Å². The molecule has 7 heteroatoms. The Morgan fingerprint density at radius 3 is 2.42 bits per heavy atom. The highest BCUT2D eigenvalue weighted by Crippen LogP contribution is 2.45. The molecule has 0 aliphatic carbocycles. The Balaban J connectivity index is 1.95. The molecule has 0 bridgehead atoms. The fourth-order valence-electron chi connectivity index (χ4n) is 3.80. The zero-order chi connectivity index (χ0) is 22.3. The molecule has 2 N–H and O–H groups in total. The monoisotopic (exact) mass is 419 g/mol. The summed E-state index contributed by atoms with van der Waals surface area (Å²) >= 11 is 0. The van der Waals surface area contributed by atoms with E-state index in [0.29, 0.717) is 22.8 Å². The Morgan fingerprint density at radius 1 is 1.06 bits per heavy atom. The molecule has 0 spiro atoms. The van der Waals surface area contributed by atoms with Crippen LogP contribution in [0.25, 0.3) is 5.76 Å². The molecule has 1 saturated heterocycles. The van der Waals surface area contributed by atoms with Crippen molar-refractivity contribution in [2.45, 2.75) is 19.9 Å². The van der Waals surface area contributed by atoms with Crippen LogP contribution < -0.4 is 9.64 Å². The van der Waals surface area contributed by atoms with Crippen LogP contribution >= 0.6 is 0 Å². The summed E-state index contributed by atoms with van der Waals surface area (Å²) in [4.78, 5) is 27.2. The molecule has 2 heterocycles. The molecule has 1 aromatic heterocycles. The van der Waals surface area contributed by atoms with Gasteiger partial charge in [-0.15, -0.1) is 0 Å². The van der Waals surface area contributed by atoms with Gasteiger partial charge in [0.05, 0.1) is 18.4 Å². The predicted molar refractivity (Wildman–Crippen MR) is 114 cm³/mol. The Labute approximate surface area is 178 Å². The molecule has 1 atom stereocenters. The summed E-state index contributed by atoms with van der Waals surface area (Å²) in [5.41, 5.74) is 1.15. The van der Waals surface area contributed by atoms with Crippen LogP contribution in [-0.4, -0.2) is 29.0 Å². The molecular weight excluding hydrogens is 398 g/mol. The maximum atomic E-state index is 13.1. The number of aryl methyl sites for hydroxylation is 2. The van der Waals surface area contributed by atoms with E-state index in [4.69, 9.17) is 9.15 Å². The second kappa shape index (κ2) is 7.68.